The lowest BCUT2D eigenvalue weighted by molar-refractivity contribution is 0.369. The molecule has 80 valence electrons. The molecule has 0 spiro atoms. The summed E-state index contributed by atoms with van der Waals surface area (Å²) in [6, 6.07) is 2.15. The fourth-order valence-electron chi connectivity index (χ4n) is 1.35. The topological polar surface area (TPSA) is 38.0 Å². The summed E-state index contributed by atoms with van der Waals surface area (Å²) in [7, 11) is 0. The van der Waals surface area contributed by atoms with Crippen molar-refractivity contribution in [3.63, 3.8) is 0 Å². The van der Waals surface area contributed by atoms with Crippen LogP contribution in [0.15, 0.2) is 16.8 Å². The van der Waals surface area contributed by atoms with E-state index in [4.69, 9.17) is 5.73 Å². The van der Waals surface area contributed by atoms with Gasteiger partial charge in [-0.1, -0.05) is 13.8 Å². The minimum Gasteiger partial charge on any atom is -0.324 e. The van der Waals surface area contributed by atoms with Crippen LogP contribution in [0.1, 0.15) is 32.3 Å². The van der Waals surface area contributed by atoms with Crippen molar-refractivity contribution < 1.29 is 0 Å². The standard InChI is InChI=1S/C11H20N2S/c1-3-11(12,4-2)9-13-7-10-5-6-14-8-10/h5-6,8,13H,3-4,7,9,12H2,1-2H3. The first kappa shape index (κ1) is 11.7. The molecule has 0 aliphatic heterocycles. The number of hydrogen-bond donors (Lipinski definition) is 2. The number of hydrogen-bond acceptors (Lipinski definition) is 3. The van der Waals surface area contributed by atoms with Gasteiger partial charge in [0.25, 0.3) is 0 Å². The second-order valence-corrected chi connectivity index (χ2v) is 4.58. The van der Waals surface area contributed by atoms with Gasteiger partial charge in [0.2, 0.25) is 0 Å². The Morgan fingerprint density at radius 3 is 2.64 bits per heavy atom. The van der Waals surface area contributed by atoms with Crippen LogP contribution in [0.4, 0.5) is 0 Å². The van der Waals surface area contributed by atoms with Crippen LogP contribution in [0.2, 0.25) is 0 Å². The highest BCUT2D eigenvalue weighted by Crippen LogP contribution is 2.10. The molecule has 0 aliphatic rings. The Bertz CT molecular complexity index is 240. The first-order valence-electron chi connectivity index (χ1n) is 5.21. The molecule has 0 saturated carbocycles. The number of nitrogens with one attached hydrogen (secondary N) is 1. The van der Waals surface area contributed by atoms with E-state index in [1.165, 1.54) is 5.56 Å². The highest BCUT2D eigenvalue weighted by atomic mass is 32.1. The summed E-state index contributed by atoms with van der Waals surface area (Å²) in [5.74, 6) is 0. The van der Waals surface area contributed by atoms with Gasteiger partial charge in [0.15, 0.2) is 0 Å². The van der Waals surface area contributed by atoms with E-state index in [0.717, 1.165) is 25.9 Å². The molecule has 3 N–H and O–H groups in total. The van der Waals surface area contributed by atoms with Gasteiger partial charge in [-0.15, -0.1) is 0 Å². The van der Waals surface area contributed by atoms with Crippen LogP contribution in [0.3, 0.4) is 0 Å². The van der Waals surface area contributed by atoms with Crippen molar-refractivity contribution in [1.29, 1.82) is 0 Å². The van der Waals surface area contributed by atoms with Crippen LogP contribution in [0, 0.1) is 0 Å². The Balaban J connectivity index is 2.27. The summed E-state index contributed by atoms with van der Waals surface area (Å²) in [6.07, 6.45) is 2.06. The lowest BCUT2D eigenvalue weighted by Gasteiger charge is -2.26. The lowest BCUT2D eigenvalue weighted by atomic mass is 9.94. The van der Waals surface area contributed by atoms with Crippen molar-refractivity contribution in [3.8, 4) is 0 Å². The van der Waals surface area contributed by atoms with Crippen LogP contribution < -0.4 is 11.1 Å². The molecule has 14 heavy (non-hydrogen) atoms. The van der Waals surface area contributed by atoms with Gasteiger partial charge in [-0.25, -0.2) is 0 Å². The van der Waals surface area contributed by atoms with Gasteiger partial charge in [-0.2, -0.15) is 11.3 Å². The Kier molecular flexibility index (Phi) is 4.58. The van der Waals surface area contributed by atoms with E-state index in [0.29, 0.717) is 0 Å². The maximum Gasteiger partial charge on any atom is 0.0275 e. The highest BCUT2D eigenvalue weighted by Gasteiger charge is 2.18. The second kappa shape index (κ2) is 5.49. The maximum absolute atomic E-state index is 6.18. The van der Waals surface area contributed by atoms with Crippen molar-refractivity contribution in [2.75, 3.05) is 6.54 Å². The molecule has 0 aromatic carbocycles. The molecule has 2 nitrogen and oxygen atoms in total. The van der Waals surface area contributed by atoms with E-state index < -0.39 is 0 Å². The summed E-state index contributed by atoms with van der Waals surface area (Å²) < 4.78 is 0. The van der Waals surface area contributed by atoms with E-state index in [1.807, 2.05) is 0 Å². The smallest absolute Gasteiger partial charge is 0.0275 e. The Morgan fingerprint density at radius 1 is 1.43 bits per heavy atom. The summed E-state index contributed by atoms with van der Waals surface area (Å²) >= 11 is 1.74. The first-order chi connectivity index (χ1) is 6.70. The molecule has 1 aromatic rings. The molecule has 1 rings (SSSR count). The SMILES string of the molecule is CCC(N)(CC)CNCc1ccsc1. The summed E-state index contributed by atoms with van der Waals surface area (Å²) in [5, 5.41) is 7.69. The van der Waals surface area contributed by atoms with Gasteiger partial charge in [-0.3, -0.25) is 0 Å². The quantitative estimate of drug-likeness (QED) is 0.759. The van der Waals surface area contributed by atoms with Crippen molar-refractivity contribution in [3.05, 3.63) is 22.4 Å². The molecule has 0 bridgehead atoms. The van der Waals surface area contributed by atoms with Crippen molar-refractivity contribution >= 4 is 11.3 Å². The molecular weight excluding hydrogens is 192 g/mol. The highest BCUT2D eigenvalue weighted by molar-refractivity contribution is 7.07. The van der Waals surface area contributed by atoms with E-state index in [9.17, 15) is 0 Å². The summed E-state index contributed by atoms with van der Waals surface area (Å²) in [6.45, 7) is 6.13. The zero-order chi connectivity index (χ0) is 10.4. The van der Waals surface area contributed by atoms with Gasteiger partial charge >= 0.3 is 0 Å². The number of rotatable bonds is 6. The average molecular weight is 212 g/mol. The van der Waals surface area contributed by atoms with Gasteiger partial charge in [0, 0.05) is 18.6 Å². The fraction of sp³-hybridized carbons (Fsp3) is 0.636. The van der Waals surface area contributed by atoms with E-state index in [1.54, 1.807) is 11.3 Å². The number of thiophene rings is 1. The van der Waals surface area contributed by atoms with E-state index in [2.05, 4.69) is 36.0 Å². The fourth-order valence-corrected chi connectivity index (χ4v) is 2.02. The van der Waals surface area contributed by atoms with E-state index >= 15 is 0 Å². The Labute approximate surface area is 90.5 Å². The van der Waals surface area contributed by atoms with Crippen LogP contribution in [-0.2, 0) is 6.54 Å². The zero-order valence-electron chi connectivity index (χ0n) is 9.05. The number of nitrogens with two attached hydrogens (primary N) is 1. The van der Waals surface area contributed by atoms with Crippen molar-refractivity contribution in [2.24, 2.45) is 5.73 Å². The molecule has 0 amide bonds. The van der Waals surface area contributed by atoms with E-state index in [-0.39, 0.29) is 5.54 Å². The maximum atomic E-state index is 6.18. The largest absolute Gasteiger partial charge is 0.324 e. The molecule has 0 saturated heterocycles. The molecule has 3 heteroatoms. The minimum absolute atomic E-state index is 0.0317. The van der Waals surface area contributed by atoms with Crippen LogP contribution in [-0.4, -0.2) is 12.1 Å². The normalized spacial score (nSPS) is 11.9. The predicted octanol–water partition coefficient (Wildman–Crippen LogP) is 2.36. The lowest BCUT2D eigenvalue weighted by Crippen LogP contribution is -2.47. The minimum atomic E-state index is -0.0317. The predicted molar refractivity (Wildman–Crippen MR) is 63.5 cm³/mol. The second-order valence-electron chi connectivity index (χ2n) is 3.80. The van der Waals surface area contributed by atoms with Crippen molar-refractivity contribution in [1.82, 2.24) is 5.32 Å². The molecule has 1 aromatic heterocycles. The van der Waals surface area contributed by atoms with Gasteiger partial charge in [-0.05, 0) is 35.2 Å². The monoisotopic (exact) mass is 212 g/mol. The van der Waals surface area contributed by atoms with Crippen molar-refractivity contribution in [2.45, 2.75) is 38.8 Å². The summed E-state index contributed by atoms with van der Waals surface area (Å²) in [4.78, 5) is 0. The summed E-state index contributed by atoms with van der Waals surface area (Å²) in [5.41, 5.74) is 7.50. The van der Waals surface area contributed by atoms with Gasteiger partial charge < -0.3 is 11.1 Å². The van der Waals surface area contributed by atoms with Crippen LogP contribution in [0.5, 0.6) is 0 Å². The third kappa shape index (κ3) is 3.40. The molecule has 0 radical (unpaired) electrons. The molecule has 0 fully saturated rings. The molecular formula is C11H20N2S. The molecule has 0 unspecified atom stereocenters. The molecule has 0 atom stereocenters. The molecule has 1 heterocycles. The zero-order valence-corrected chi connectivity index (χ0v) is 9.86. The Hall–Kier alpha value is -0.380. The molecule has 0 aliphatic carbocycles. The van der Waals surface area contributed by atoms with Gasteiger partial charge in [0.05, 0.1) is 0 Å². The third-order valence-electron chi connectivity index (χ3n) is 2.79. The van der Waals surface area contributed by atoms with Crippen LogP contribution >= 0.6 is 11.3 Å². The first-order valence-corrected chi connectivity index (χ1v) is 6.15. The third-order valence-corrected chi connectivity index (χ3v) is 3.53. The van der Waals surface area contributed by atoms with Crippen LogP contribution in [0.25, 0.3) is 0 Å². The van der Waals surface area contributed by atoms with Gasteiger partial charge in [0.1, 0.15) is 0 Å². The Morgan fingerprint density at radius 2 is 2.14 bits per heavy atom. The average Bonchev–Trinajstić information content (AvgIpc) is 2.70.